The smallest absolute Gasteiger partial charge is 0.321 e. The van der Waals surface area contributed by atoms with E-state index in [2.05, 4.69) is 10.3 Å². The Labute approximate surface area is 189 Å². The molecule has 0 spiro atoms. The van der Waals surface area contributed by atoms with Crippen molar-refractivity contribution in [2.75, 3.05) is 31.2 Å². The van der Waals surface area contributed by atoms with E-state index in [0.29, 0.717) is 30.0 Å². The minimum Gasteiger partial charge on any atom is -0.338 e. The number of pyridine rings is 1. The molecule has 168 valence electrons. The van der Waals surface area contributed by atoms with Crippen LogP contribution in [-0.2, 0) is 4.79 Å². The first-order chi connectivity index (χ1) is 15.4. The molecule has 3 amide bonds. The molecule has 1 fully saturated rings. The van der Waals surface area contributed by atoms with E-state index < -0.39 is 11.6 Å². The van der Waals surface area contributed by atoms with Crippen molar-refractivity contribution in [2.24, 2.45) is 0 Å². The monoisotopic (exact) mass is 458 g/mol. The Kier molecular flexibility index (Phi) is 6.74. The molecular formula is C23H24F2N4O2S. The molecule has 4 rings (SSSR count). The van der Waals surface area contributed by atoms with Gasteiger partial charge in [-0.2, -0.15) is 0 Å². The number of allylic oxidation sites excluding steroid dienone is 1. The van der Waals surface area contributed by atoms with Crippen molar-refractivity contribution in [1.29, 1.82) is 0 Å². The van der Waals surface area contributed by atoms with Gasteiger partial charge < -0.3 is 15.1 Å². The summed E-state index contributed by atoms with van der Waals surface area (Å²) in [5.41, 5.74) is 1.22. The van der Waals surface area contributed by atoms with Crippen molar-refractivity contribution >= 4 is 29.4 Å². The second-order valence-electron chi connectivity index (χ2n) is 7.86. The summed E-state index contributed by atoms with van der Waals surface area (Å²) in [7, 11) is 1.74. The third-order valence-corrected chi connectivity index (χ3v) is 6.80. The highest BCUT2D eigenvalue weighted by molar-refractivity contribution is 8.04. The lowest BCUT2D eigenvalue weighted by molar-refractivity contribution is -0.127. The van der Waals surface area contributed by atoms with Crippen LogP contribution >= 0.6 is 11.8 Å². The minimum absolute atomic E-state index is 0.0340. The number of amides is 3. The number of likely N-dealkylation sites (tertiary alicyclic amines) is 1. The number of aromatic nitrogens is 1. The average Bonchev–Trinajstić information content (AvgIpc) is 3.33. The number of piperidine rings is 1. The molecular weight excluding hydrogens is 434 g/mol. The summed E-state index contributed by atoms with van der Waals surface area (Å²) in [4.78, 5) is 33.8. The minimum atomic E-state index is -0.674. The molecule has 2 aliphatic heterocycles. The predicted molar refractivity (Wildman–Crippen MR) is 121 cm³/mol. The van der Waals surface area contributed by atoms with Gasteiger partial charge in [-0.05, 0) is 43.5 Å². The summed E-state index contributed by atoms with van der Waals surface area (Å²) in [6.45, 7) is 1.25. The Balaban J connectivity index is 1.31. The zero-order chi connectivity index (χ0) is 22.7. The molecule has 0 aliphatic carbocycles. The second kappa shape index (κ2) is 9.68. The van der Waals surface area contributed by atoms with Crippen LogP contribution in [0.15, 0.2) is 47.5 Å². The molecule has 1 saturated heterocycles. The standard InChI is InChI=1S/C23H24F2N4O2S/c1-28(19-6-8-29(9-7-19)22(30)21-3-2-10-32-21)23(31)27-18-4-5-20(26-14-18)15-11-16(24)13-17(25)12-15/h3-5,11-14,19H,2,6-10H2,1H3,(H,27,31). The van der Waals surface area contributed by atoms with E-state index in [4.69, 9.17) is 0 Å². The number of hydrogen-bond donors (Lipinski definition) is 1. The number of rotatable bonds is 4. The van der Waals surface area contributed by atoms with Crippen molar-refractivity contribution in [3.8, 4) is 11.3 Å². The fourth-order valence-corrected chi connectivity index (χ4v) is 4.84. The van der Waals surface area contributed by atoms with E-state index in [9.17, 15) is 18.4 Å². The molecule has 1 N–H and O–H groups in total. The summed E-state index contributed by atoms with van der Waals surface area (Å²) in [6.07, 6.45) is 5.84. The molecule has 1 aromatic heterocycles. The van der Waals surface area contributed by atoms with Crippen LogP contribution in [0.3, 0.4) is 0 Å². The Morgan fingerprint density at radius 3 is 2.47 bits per heavy atom. The van der Waals surface area contributed by atoms with Crippen LogP contribution < -0.4 is 5.32 Å². The molecule has 0 unspecified atom stereocenters. The van der Waals surface area contributed by atoms with Crippen molar-refractivity contribution in [1.82, 2.24) is 14.8 Å². The molecule has 2 aromatic rings. The molecule has 9 heteroatoms. The number of halogens is 2. The Hall–Kier alpha value is -2.94. The number of benzene rings is 1. The van der Waals surface area contributed by atoms with Crippen LogP contribution in [0.25, 0.3) is 11.3 Å². The fraction of sp³-hybridized carbons (Fsp3) is 0.348. The van der Waals surface area contributed by atoms with E-state index in [-0.39, 0.29) is 18.0 Å². The first kappa shape index (κ1) is 22.3. The molecule has 1 aromatic carbocycles. The van der Waals surface area contributed by atoms with Crippen molar-refractivity contribution in [2.45, 2.75) is 25.3 Å². The van der Waals surface area contributed by atoms with E-state index in [1.165, 1.54) is 18.3 Å². The first-order valence-corrected chi connectivity index (χ1v) is 11.5. The topological polar surface area (TPSA) is 65.5 Å². The van der Waals surface area contributed by atoms with Gasteiger partial charge >= 0.3 is 6.03 Å². The number of hydrogen-bond acceptors (Lipinski definition) is 4. The Bertz CT molecular complexity index is 1020. The number of urea groups is 1. The van der Waals surface area contributed by atoms with Crippen LogP contribution in [0, 0.1) is 11.6 Å². The summed E-state index contributed by atoms with van der Waals surface area (Å²) < 4.78 is 26.8. The lowest BCUT2D eigenvalue weighted by Crippen LogP contribution is -2.48. The van der Waals surface area contributed by atoms with E-state index in [1.807, 2.05) is 11.0 Å². The normalized spacial score (nSPS) is 16.6. The highest BCUT2D eigenvalue weighted by Gasteiger charge is 2.29. The van der Waals surface area contributed by atoms with E-state index >= 15 is 0 Å². The highest BCUT2D eigenvalue weighted by Crippen LogP contribution is 2.28. The lowest BCUT2D eigenvalue weighted by atomic mass is 10.0. The zero-order valence-corrected chi connectivity index (χ0v) is 18.5. The van der Waals surface area contributed by atoms with Crippen molar-refractivity contribution < 1.29 is 18.4 Å². The summed E-state index contributed by atoms with van der Waals surface area (Å²) in [5.74, 6) is -0.281. The molecule has 0 saturated carbocycles. The van der Waals surface area contributed by atoms with E-state index in [0.717, 1.165) is 36.0 Å². The van der Waals surface area contributed by atoms with Gasteiger partial charge in [-0.15, -0.1) is 11.8 Å². The van der Waals surface area contributed by atoms with Crippen LogP contribution in [0.5, 0.6) is 0 Å². The van der Waals surface area contributed by atoms with Gasteiger partial charge in [0.2, 0.25) is 0 Å². The summed E-state index contributed by atoms with van der Waals surface area (Å²) >= 11 is 1.61. The van der Waals surface area contributed by atoms with Gasteiger partial charge in [0.1, 0.15) is 11.6 Å². The van der Waals surface area contributed by atoms with Crippen LogP contribution in [-0.4, -0.2) is 58.7 Å². The van der Waals surface area contributed by atoms with Gasteiger partial charge in [0.15, 0.2) is 0 Å². The zero-order valence-electron chi connectivity index (χ0n) is 17.7. The number of anilines is 1. The molecule has 6 nitrogen and oxygen atoms in total. The third kappa shape index (κ3) is 5.09. The molecule has 2 aliphatic rings. The van der Waals surface area contributed by atoms with Gasteiger partial charge in [0.05, 0.1) is 22.5 Å². The van der Waals surface area contributed by atoms with Gasteiger partial charge in [0, 0.05) is 43.6 Å². The maximum atomic E-state index is 13.4. The fourth-order valence-electron chi connectivity index (χ4n) is 3.90. The largest absolute Gasteiger partial charge is 0.338 e. The lowest BCUT2D eigenvalue weighted by Gasteiger charge is -2.36. The maximum absolute atomic E-state index is 13.4. The number of thioether (sulfide) groups is 1. The van der Waals surface area contributed by atoms with Crippen molar-refractivity contribution in [3.05, 3.63) is 59.1 Å². The number of carbonyl (C=O) groups excluding carboxylic acids is 2. The van der Waals surface area contributed by atoms with Crippen LogP contribution in [0.2, 0.25) is 0 Å². The molecule has 0 atom stereocenters. The summed E-state index contributed by atoms with van der Waals surface area (Å²) in [5, 5.41) is 2.80. The van der Waals surface area contributed by atoms with Crippen LogP contribution in [0.4, 0.5) is 19.3 Å². The number of nitrogens with zero attached hydrogens (tertiary/aromatic N) is 3. The molecule has 3 heterocycles. The SMILES string of the molecule is CN(C(=O)Nc1ccc(-c2cc(F)cc(F)c2)nc1)C1CCN(C(=O)C2=CCCS2)CC1. The second-order valence-corrected chi connectivity index (χ2v) is 9.00. The predicted octanol–water partition coefficient (Wildman–Crippen LogP) is 4.50. The number of carbonyl (C=O) groups is 2. The molecule has 0 bridgehead atoms. The van der Waals surface area contributed by atoms with Gasteiger partial charge in [-0.1, -0.05) is 6.08 Å². The Morgan fingerprint density at radius 2 is 1.88 bits per heavy atom. The van der Waals surface area contributed by atoms with Crippen LogP contribution in [0.1, 0.15) is 19.3 Å². The third-order valence-electron chi connectivity index (χ3n) is 5.71. The summed E-state index contributed by atoms with van der Waals surface area (Å²) in [6, 6.07) is 6.23. The maximum Gasteiger partial charge on any atom is 0.321 e. The van der Waals surface area contributed by atoms with E-state index in [1.54, 1.807) is 35.8 Å². The van der Waals surface area contributed by atoms with Gasteiger partial charge in [-0.25, -0.2) is 13.6 Å². The first-order valence-electron chi connectivity index (χ1n) is 10.5. The average molecular weight is 459 g/mol. The van der Waals surface area contributed by atoms with Crippen molar-refractivity contribution in [3.63, 3.8) is 0 Å². The molecule has 0 radical (unpaired) electrons. The Morgan fingerprint density at radius 1 is 1.16 bits per heavy atom. The van der Waals surface area contributed by atoms with Gasteiger partial charge in [-0.3, -0.25) is 9.78 Å². The number of nitrogens with one attached hydrogen (secondary N) is 1. The van der Waals surface area contributed by atoms with Gasteiger partial charge in [0.25, 0.3) is 5.91 Å². The molecule has 32 heavy (non-hydrogen) atoms. The highest BCUT2D eigenvalue weighted by atomic mass is 32.2. The quantitative estimate of drug-likeness (QED) is 0.733.